The highest BCUT2D eigenvalue weighted by Gasteiger charge is 2.07. The number of halogens is 1. The summed E-state index contributed by atoms with van der Waals surface area (Å²) in [5.41, 5.74) is 1.42. The normalized spacial score (nSPS) is 9.81. The minimum absolute atomic E-state index is 0.328. The molecule has 0 heterocycles. The van der Waals surface area contributed by atoms with Crippen LogP contribution >= 0.6 is 0 Å². The van der Waals surface area contributed by atoms with Crippen LogP contribution in [0.15, 0.2) is 48.5 Å². The smallest absolute Gasteiger partial charge is 0.411 e. The minimum atomic E-state index is -0.585. The van der Waals surface area contributed by atoms with Gasteiger partial charge in [0.2, 0.25) is 0 Å². The van der Waals surface area contributed by atoms with Gasteiger partial charge in [0, 0.05) is 16.9 Å². The molecule has 0 bridgehead atoms. The first-order valence-corrected chi connectivity index (χ1v) is 6.10. The molecular weight excluding hydrogens is 275 g/mol. The lowest BCUT2D eigenvalue weighted by Crippen LogP contribution is -2.13. The quantitative estimate of drug-likeness (QED) is 0.911. The number of ether oxygens (including phenoxy) is 1. The first-order chi connectivity index (χ1) is 10.1. The molecule has 2 N–H and O–H groups in total. The molecule has 6 heteroatoms. The maximum atomic E-state index is 12.8. The Kier molecular flexibility index (Phi) is 4.50. The summed E-state index contributed by atoms with van der Waals surface area (Å²) in [5, 5.41) is 5.12. The Bertz CT molecular complexity index is 639. The Morgan fingerprint density at radius 2 is 1.43 bits per heavy atom. The van der Waals surface area contributed by atoms with Gasteiger partial charge in [-0.1, -0.05) is 0 Å². The van der Waals surface area contributed by atoms with E-state index in [4.69, 9.17) is 0 Å². The zero-order valence-electron chi connectivity index (χ0n) is 11.2. The first kappa shape index (κ1) is 14.5. The molecule has 0 atom stereocenters. The van der Waals surface area contributed by atoms with Crippen LogP contribution in [0.25, 0.3) is 0 Å². The molecule has 2 aromatic rings. The van der Waals surface area contributed by atoms with Crippen LogP contribution < -0.4 is 10.6 Å². The number of amides is 2. The van der Waals surface area contributed by atoms with E-state index in [9.17, 15) is 14.0 Å². The van der Waals surface area contributed by atoms with Gasteiger partial charge in [-0.25, -0.2) is 9.18 Å². The highest BCUT2D eigenvalue weighted by molar-refractivity contribution is 6.04. The summed E-state index contributed by atoms with van der Waals surface area (Å²) < 4.78 is 17.2. The number of carbonyl (C=O) groups excluding carboxylic acids is 2. The average molecular weight is 288 g/mol. The van der Waals surface area contributed by atoms with Gasteiger partial charge in [0.1, 0.15) is 5.82 Å². The summed E-state index contributed by atoms with van der Waals surface area (Å²) in [4.78, 5) is 23.0. The topological polar surface area (TPSA) is 67.4 Å². The van der Waals surface area contributed by atoms with Crippen molar-refractivity contribution in [2.45, 2.75) is 0 Å². The van der Waals surface area contributed by atoms with Gasteiger partial charge in [-0.2, -0.15) is 0 Å². The number of hydrogen-bond acceptors (Lipinski definition) is 3. The molecule has 0 saturated carbocycles. The molecule has 5 nitrogen and oxygen atoms in total. The van der Waals surface area contributed by atoms with Gasteiger partial charge in [-0.05, 0) is 48.5 Å². The van der Waals surface area contributed by atoms with Crippen molar-refractivity contribution in [3.8, 4) is 0 Å². The zero-order valence-corrected chi connectivity index (χ0v) is 11.2. The number of carbonyl (C=O) groups is 2. The van der Waals surface area contributed by atoms with Crippen LogP contribution in [0.1, 0.15) is 10.4 Å². The van der Waals surface area contributed by atoms with Gasteiger partial charge in [0.25, 0.3) is 5.91 Å². The molecule has 2 aromatic carbocycles. The van der Waals surface area contributed by atoms with Crippen molar-refractivity contribution in [2.75, 3.05) is 17.7 Å². The second kappa shape index (κ2) is 6.51. The summed E-state index contributed by atoms with van der Waals surface area (Å²) >= 11 is 0. The number of hydrogen-bond donors (Lipinski definition) is 2. The Morgan fingerprint density at radius 1 is 0.905 bits per heavy atom. The third-order valence-corrected chi connectivity index (χ3v) is 2.68. The monoisotopic (exact) mass is 288 g/mol. The summed E-state index contributed by atoms with van der Waals surface area (Å²) in [7, 11) is 1.26. The summed E-state index contributed by atoms with van der Waals surface area (Å²) in [6, 6.07) is 11.8. The molecule has 21 heavy (non-hydrogen) atoms. The minimum Gasteiger partial charge on any atom is -0.453 e. The predicted molar refractivity (Wildman–Crippen MR) is 76.8 cm³/mol. The van der Waals surface area contributed by atoms with E-state index in [1.54, 1.807) is 24.3 Å². The van der Waals surface area contributed by atoms with Gasteiger partial charge >= 0.3 is 6.09 Å². The number of methoxy groups -OCH3 is 1. The fourth-order valence-electron chi connectivity index (χ4n) is 1.61. The molecule has 2 amide bonds. The zero-order chi connectivity index (χ0) is 15.2. The van der Waals surface area contributed by atoms with Crippen molar-refractivity contribution in [1.82, 2.24) is 0 Å². The van der Waals surface area contributed by atoms with E-state index >= 15 is 0 Å². The van der Waals surface area contributed by atoms with Crippen molar-refractivity contribution >= 4 is 23.4 Å². The third-order valence-electron chi connectivity index (χ3n) is 2.68. The Balaban J connectivity index is 2.02. The van der Waals surface area contributed by atoms with Crippen molar-refractivity contribution < 1.29 is 18.7 Å². The highest BCUT2D eigenvalue weighted by Crippen LogP contribution is 2.13. The van der Waals surface area contributed by atoms with E-state index in [1.165, 1.54) is 31.4 Å². The van der Waals surface area contributed by atoms with Crippen LogP contribution in [0.3, 0.4) is 0 Å². The highest BCUT2D eigenvalue weighted by atomic mass is 19.1. The molecule has 0 fully saturated rings. The number of benzene rings is 2. The molecule has 2 rings (SSSR count). The lowest BCUT2D eigenvalue weighted by molar-refractivity contribution is 0.102. The van der Waals surface area contributed by atoms with Crippen molar-refractivity contribution in [3.05, 3.63) is 59.9 Å². The molecule has 108 valence electrons. The van der Waals surface area contributed by atoms with Crippen LogP contribution in [0.5, 0.6) is 0 Å². The molecule has 0 spiro atoms. The van der Waals surface area contributed by atoms with E-state index in [2.05, 4.69) is 15.4 Å². The largest absolute Gasteiger partial charge is 0.453 e. The summed E-state index contributed by atoms with van der Waals surface area (Å²) in [5.74, 6) is -0.697. The Hall–Kier alpha value is -2.89. The lowest BCUT2D eigenvalue weighted by Gasteiger charge is -2.07. The Labute approximate surface area is 120 Å². The average Bonchev–Trinajstić information content (AvgIpc) is 2.50. The van der Waals surface area contributed by atoms with E-state index < -0.39 is 6.09 Å². The van der Waals surface area contributed by atoms with Crippen LogP contribution in [0.2, 0.25) is 0 Å². The predicted octanol–water partition coefficient (Wildman–Crippen LogP) is 3.26. The number of rotatable bonds is 3. The fourth-order valence-corrected chi connectivity index (χ4v) is 1.61. The standard InChI is InChI=1S/C15H13FN2O3/c1-21-15(20)18-13-6-2-10(3-7-13)14(19)17-12-8-4-11(16)5-9-12/h2-9H,1H3,(H,17,19)(H,18,20). The van der Waals surface area contributed by atoms with E-state index in [0.29, 0.717) is 16.9 Å². The third kappa shape index (κ3) is 4.04. The lowest BCUT2D eigenvalue weighted by atomic mass is 10.2. The van der Waals surface area contributed by atoms with Gasteiger partial charge in [-0.3, -0.25) is 10.1 Å². The molecule has 0 radical (unpaired) electrons. The van der Waals surface area contributed by atoms with E-state index in [-0.39, 0.29) is 11.7 Å². The van der Waals surface area contributed by atoms with Crippen LogP contribution in [0.4, 0.5) is 20.6 Å². The van der Waals surface area contributed by atoms with Crippen LogP contribution in [-0.4, -0.2) is 19.1 Å². The maximum absolute atomic E-state index is 12.8. The van der Waals surface area contributed by atoms with Crippen molar-refractivity contribution in [3.63, 3.8) is 0 Å². The second-order valence-electron chi connectivity index (χ2n) is 4.15. The molecule has 0 saturated heterocycles. The summed E-state index contributed by atoms with van der Waals surface area (Å²) in [6.45, 7) is 0. The molecule has 0 aliphatic carbocycles. The van der Waals surface area contributed by atoms with Crippen LogP contribution in [-0.2, 0) is 4.74 Å². The first-order valence-electron chi connectivity index (χ1n) is 6.10. The van der Waals surface area contributed by atoms with Gasteiger partial charge in [0.15, 0.2) is 0 Å². The fraction of sp³-hybridized carbons (Fsp3) is 0.0667. The van der Waals surface area contributed by atoms with Gasteiger partial charge in [-0.15, -0.1) is 0 Å². The van der Waals surface area contributed by atoms with Gasteiger partial charge < -0.3 is 10.1 Å². The molecule has 0 aliphatic rings. The maximum Gasteiger partial charge on any atom is 0.411 e. The second-order valence-corrected chi connectivity index (χ2v) is 4.15. The van der Waals surface area contributed by atoms with Crippen LogP contribution in [0, 0.1) is 5.82 Å². The molecular formula is C15H13FN2O3. The number of anilines is 2. The summed E-state index contributed by atoms with van der Waals surface area (Å²) in [6.07, 6.45) is -0.585. The van der Waals surface area contributed by atoms with Crippen molar-refractivity contribution in [1.29, 1.82) is 0 Å². The number of nitrogens with one attached hydrogen (secondary N) is 2. The van der Waals surface area contributed by atoms with E-state index in [0.717, 1.165) is 0 Å². The SMILES string of the molecule is COC(=O)Nc1ccc(C(=O)Nc2ccc(F)cc2)cc1. The molecule has 0 aromatic heterocycles. The Morgan fingerprint density at radius 3 is 2.00 bits per heavy atom. The molecule has 0 aliphatic heterocycles. The van der Waals surface area contributed by atoms with Gasteiger partial charge in [0.05, 0.1) is 7.11 Å². The molecule has 0 unspecified atom stereocenters. The van der Waals surface area contributed by atoms with E-state index in [1.807, 2.05) is 0 Å². The van der Waals surface area contributed by atoms with Crippen molar-refractivity contribution in [2.24, 2.45) is 0 Å².